The summed E-state index contributed by atoms with van der Waals surface area (Å²) in [6.07, 6.45) is 23.9. The number of hydrogen-bond donors (Lipinski definition) is 2. The molecule has 4 aromatic carbocycles. The summed E-state index contributed by atoms with van der Waals surface area (Å²) in [4.78, 5) is 0. The smallest absolute Gasteiger partial charge is 0.0314 e. The van der Waals surface area contributed by atoms with E-state index in [1.165, 1.54) is 136 Å². The summed E-state index contributed by atoms with van der Waals surface area (Å²) < 4.78 is 0. The highest BCUT2D eigenvalue weighted by atomic mass is 14.5. The Morgan fingerprint density at radius 1 is 0.250 bits per heavy atom. The normalized spacial score (nSPS) is 11.2. The number of benzene rings is 4. The van der Waals surface area contributed by atoms with Gasteiger partial charge in [-0.1, -0.05) is 150 Å². The predicted octanol–water partition coefficient (Wildman–Crippen LogP) is 11.3. The summed E-state index contributed by atoms with van der Waals surface area (Å²) in [5.74, 6) is 0. The van der Waals surface area contributed by atoms with Gasteiger partial charge in [-0.3, -0.25) is 0 Å². The summed E-state index contributed by atoms with van der Waals surface area (Å²) in [5.41, 5.74) is 21.6. The van der Waals surface area contributed by atoms with Crippen LogP contribution in [0.25, 0.3) is 0 Å². The van der Waals surface area contributed by atoms with Crippen LogP contribution in [0.3, 0.4) is 0 Å². The topological polar surface area (TPSA) is 52.0 Å². The van der Waals surface area contributed by atoms with Crippen molar-refractivity contribution in [3.05, 3.63) is 130 Å². The van der Waals surface area contributed by atoms with Crippen LogP contribution >= 0.6 is 0 Å². The van der Waals surface area contributed by atoms with Gasteiger partial charge < -0.3 is 11.5 Å². The van der Waals surface area contributed by atoms with Gasteiger partial charge in [0.2, 0.25) is 0 Å². The SMILES string of the molecule is Nc1ccc(Cc2ccc(CCCCCCCCCCCCCCCCc3ccc(Cc4ccc(N)cc4)cc3)cc2)cc1. The van der Waals surface area contributed by atoms with Crippen LogP contribution in [0.2, 0.25) is 0 Å². The lowest BCUT2D eigenvalue weighted by atomic mass is 10.00. The highest BCUT2D eigenvalue weighted by molar-refractivity contribution is 5.41. The Labute approximate surface area is 268 Å². The molecule has 0 amide bonds. The minimum atomic E-state index is 0.831. The van der Waals surface area contributed by atoms with Crippen LogP contribution in [-0.4, -0.2) is 0 Å². The fraction of sp³-hybridized carbons (Fsp3) is 0.429. The third-order valence-electron chi connectivity index (χ3n) is 9.00. The molecule has 234 valence electrons. The van der Waals surface area contributed by atoms with Crippen molar-refractivity contribution in [2.75, 3.05) is 11.5 Å². The zero-order chi connectivity index (χ0) is 30.7. The van der Waals surface area contributed by atoms with E-state index in [4.69, 9.17) is 11.5 Å². The Bertz CT molecular complexity index is 1180. The largest absolute Gasteiger partial charge is 0.399 e. The molecule has 0 heterocycles. The van der Waals surface area contributed by atoms with Crippen molar-refractivity contribution < 1.29 is 0 Å². The van der Waals surface area contributed by atoms with Crippen molar-refractivity contribution >= 4 is 11.4 Å². The lowest BCUT2D eigenvalue weighted by molar-refractivity contribution is 0.533. The lowest BCUT2D eigenvalue weighted by Crippen LogP contribution is -1.91. The number of unbranched alkanes of at least 4 members (excludes halogenated alkanes) is 13. The molecule has 0 aliphatic rings. The molecule has 0 bridgehead atoms. The van der Waals surface area contributed by atoms with Gasteiger partial charge in [0.05, 0.1) is 0 Å². The van der Waals surface area contributed by atoms with Gasteiger partial charge in [0.25, 0.3) is 0 Å². The number of nitrogen functional groups attached to an aromatic ring is 2. The molecule has 0 spiro atoms. The Morgan fingerprint density at radius 3 is 0.727 bits per heavy atom. The number of rotatable bonds is 21. The second-order valence-electron chi connectivity index (χ2n) is 12.9. The average molecular weight is 589 g/mol. The third-order valence-corrected chi connectivity index (χ3v) is 9.00. The van der Waals surface area contributed by atoms with E-state index in [1.807, 2.05) is 24.3 Å². The molecular weight excluding hydrogens is 532 g/mol. The molecule has 0 aromatic heterocycles. The van der Waals surface area contributed by atoms with Crippen LogP contribution in [0.4, 0.5) is 11.4 Å². The molecule has 0 aliphatic heterocycles. The Balaban J connectivity index is 0.900. The maximum atomic E-state index is 5.80. The predicted molar refractivity (Wildman–Crippen MR) is 192 cm³/mol. The molecule has 2 nitrogen and oxygen atoms in total. The van der Waals surface area contributed by atoms with Crippen LogP contribution < -0.4 is 11.5 Å². The summed E-state index contributed by atoms with van der Waals surface area (Å²) >= 11 is 0. The van der Waals surface area contributed by atoms with E-state index >= 15 is 0 Å². The van der Waals surface area contributed by atoms with Crippen molar-refractivity contribution in [1.29, 1.82) is 0 Å². The van der Waals surface area contributed by atoms with Gasteiger partial charge in [-0.2, -0.15) is 0 Å². The number of nitrogens with two attached hydrogens (primary N) is 2. The summed E-state index contributed by atoms with van der Waals surface area (Å²) in [6, 6.07) is 34.9. The fourth-order valence-electron chi connectivity index (χ4n) is 6.17. The molecule has 0 saturated carbocycles. The van der Waals surface area contributed by atoms with E-state index < -0.39 is 0 Å². The Kier molecular flexibility index (Phi) is 14.9. The van der Waals surface area contributed by atoms with Crippen LogP contribution in [-0.2, 0) is 25.7 Å². The van der Waals surface area contributed by atoms with E-state index in [1.54, 1.807) is 0 Å². The van der Waals surface area contributed by atoms with E-state index in [0.29, 0.717) is 0 Å². The molecule has 0 aliphatic carbocycles. The van der Waals surface area contributed by atoms with Gasteiger partial charge in [0.1, 0.15) is 0 Å². The molecule has 44 heavy (non-hydrogen) atoms. The molecular formula is C42H56N2. The van der Waals surface area contributed by atoms with E-state index in [-0.39, 0.29) is 0 Å². The first-order valence-corrected chi connectivity index (χ1v) is 17.5. The van der Waals surface area contributed by atoms with Crippen molar-refractivity contribution in [3.63, 3.8) is 0 Å². The zero-order valence-corrected chi connectivity index (χ0v) is 27.1. The number of aryl methyl sites for hydroxylation is 2. The van der Waals surface area contributed by atoms with Gasteiger partial charge in [-0.05, 0) is 96.2 Å². The Hall–Kier alpha value is -3.52. The van der Waals surface area contributed by atoms with Crippen molar-refractivity contribution in [2.24, 2.45) is 0 Å². The van der Waals surface area contributed by atoms with Gasteiger partial charge >= 0.3 is 0 Å². The standard InChI is InChI=1S/C42H56N2/c43-41-29-25-39(26-30-41)33-37-21-17-35(18-22-37)15-13-11-9-7-5-3-1-2-4-6-8-10-12-14-16-36-19-23-38(24-20-36)34-40-27-31-42(44)32-28-40/h17-32H,1-16,33-34,43-44H2. The van der Waals surface area contributed by atoms with Crippen LogP contribution in [0.5, 0.6) is 0 Å². The molecule has 2 heteroatoms. The number of anilines is 2. The first-order chi connectivity index (χ1) is 21.6. The highest BCUT2D eigenvalue weighted by Gasteiger charge is 2.01. The molecule has 4 N–H and O–H groups in total. The molecule has 4 rings (SSSR count). The maximum absolute atomic E-state index is 5.80. The van der Waals surface area contributed by atoms with Gasteiger partial charge in [-0.25, -0.2) is 0 Å². The second kappa shape index (κ2) is 19.7. The molecule has 0 radical (unpaired) electrons. The van der Waals surface area contributed by atoms with E-state index in [9.17, 15) is 0 Å². The first kappa shape index (κ1) is 33.4. The Morgan fingerprint density at radius 2 is 0.455 bits per heavy atom. The van der Waals surface area contributed by atoms with E-state index in [0.717, 1.165) is 24.2 Å². The van der Waals surface area contributed by atoms with Crippen LogP contribution in [0, 0.1) is 0 Å². The minimum Gasteiger partial charge on any atom is -0.399 e. The van der Waals surface area contributed by atoms with Gasteiger partial charge in [-0.15, -0.1) is 0 Å². The van der Waals surface area contributed by atoms with Gasteiger partial charge in [0.15, 0.2) is 0 Å². The molecule has 0 unspecified atom stereocenters. The lowest BCUT2D eigenvalue weighted by Gasteiger charge is -2.06. The van der Waals surface area contributed by atoms with Crippen LogP contribution in [0.15, 0.2) is 97.1 Å². The second-order valence-corrected chi connectivity index (χ2v) is 12.9. The van der Waals surface area contributed by atoms with Gasteiger partial charge in [0, 0.05) is 11.4 Å². The summed E-state index contributed by atoms with van der Waals surface area (Å²) in [6.45, 7) is 0. The molecule has 0 fully saturated rings. The zero-order valence-electron chi connectivity index (χ0n) is 27.1. The monoisotopic (exact) mass is 588 g/mol. The molecule has 0 saturated heterocycles. The minimum absolute atomic E-state index is 0.831. The number of hydrogen-bond acceptors (Lipinski definition) is 2. The molecule has 4 aromatic rings. The summed E-state index contributed by atoms with van der Waals surface area (Å²) in [7, 11) is 0. The van der Waals surface area contributed by atoms with Crippen molar-refractivity contribution in [1.82, 2.24) is 0 Å². The third kappa shape index (κ3) is 13.4. The van der Waals surface area contributed by atoms with Crippen LogP contribution in [0.1, 0.15) is 123 Å². The van der Waals surface area contributed by atoms with Crippen molar-refractivity contribution in [2.45, 2.75) is 116 Å². The maximum Gasteiger partial charge on any atom is 0.0314 e. The van der Waals surface area contributed by atoms with E-state index in [2.05, 4.69) is 72.8 Å². The molecule has 0 atom stereocenters. The quantitative estimate of drug-likeness (QED) is 0.0751. The fourth-order valence-corrected chi connectivity index (χ4v) is 6.17. The average Bonchev–Trinajstić information content (AvgIpc) is 3.04. The summed E-state index contributed by atoms with van der Waals surface area (Å²) in [5, 5.41) is 0. The highest BCUT2D eigenvalue weighted by Crippen LogP contribution is 2.18. The first-order valence-electron chi connectivity index (χ1n) is 17.5. The van der Waals surface area contributed by atoms with Crippen molar-refractivity contribution in [3.8, 4) is 0 Å².